The van der Waals surface area contributed by atoms with E-state index >= 15 is 0 Å². The van der Waals surface area contributed by atoms with Crippen LogP contribution in [0.4, 0.5) is 11.4 Å². The fraction of sp³-hybridized carbons (Fsp3) is 0.125. The summed E-state index contributed by atoms with van der Waals surface area (Å²) < 4.78 is 12.0. The molecular weight excluding hydrogens is 426 g/mol. The molecule has 0 aliphatic carbocycles. The molecule has 32 heavy (non-hydrogen) atoms. The van der Waals surface area contributed by atoms with Gasteiger partial charge in [0, 0.05) is 22.5 Å². The summed E-state index contributed by atoms with van der Waals surface area (Å²) in [6.07, 6.45) is 0. The predicted octanol–water partition coefficient (Wildman–Crippen LogP) is 4.88. The van der Waals surface area contributed by atoms with Gasteiger partial charge in [-0.1, -0.05) is 6.07 Å². The van der Waals surface area contributed by atoms with Crippen molar-refractivity contribution >= 4 is 44.7 Å². The van der Waals surface area contributed by atoms with E-state index in [0.717, 1.165) is 15.8 Å². The van der Waals surface area contributed by atoms with Crippen LogP contribution in [0.3, 0.4) is 0 Å². The smallest absolute Gasteiger partial charge is 0.255 e. The molecule has 0 radical (unpaired) electrons. The molecule has 0 saturated carbocycles. The Bertz CT molecular complexity index is 1350. The van der Waals surface area contributed by atoms with Gasteiger partial charge in [-0.05, 0) is 61.0 Å². The number of aryl methyl sites for hydroxylation is 1. The maximum absolute atomic E-state index is 12.8. The van der Waals surface area contributed by atoms with Crippen LogP contribution in [0.5, 0.6) is 11.5 Å². The summed E-state index contributed by atoms with van der Waals surface area (Å²) in [5, 5.41) is 5.81. The molecule has 4 aromatic rings. The highest BCUT2D eigenvalue weighted by Crippen LogP contribution is 2.31. The van der Waals surface area contributed by atoms with Crippen LogP contribution in [0.1, 0.15) is 26.3 Å². The van der Waals surface area contributed by atoms with Gasteiger partial charge in [-0.3, -0.25) is 9.59 Å². The van der Waals surface area contributed by atoms with Gasteiger partial charge in [0.15, 0.2) is 11.5 Å². The quantitative estimate of drug-likeness (QED) is 0.467. The van der Waals surface area contributed by atoms with E-state index in [9.17, 15) is 9.59 Å². The molecule has 8 heteroatoms. The van der Waals surface area contributed by atoms with E-state index in [4.69, 9.17) is 9.47 Å². The number of hydrogen-bond donors (Lipinski definition) is 2. The maximum Gasteiger partial charge on any atom is 0.255 e. The van der Waals surface area contributed by atoms with Crippen LogP contribution < -0.4 is 20.1 Å². The number of rotatable bonds is 4. The van der Waals surface area contributed by atoms with Gasteiger partial charge in [-0.25, -0.2) is 4.98 Å². The molecule has 0 fully saturated rings. The third kappa shape index (κ3) is 4.00. The summed E-state index contributed by atoms with van der Waals surface area (Å²) in [5.74, 6) is 0.681. The second-order valence-electron chi connectivity index (χ2n) is 7.33. The van der Waals surface area contributed by atoms with Crippen molar-refractivity contribution in [3.05, 3.63) is 76.8 Å². The molecule has 0 unspecified atom stereocenters. The zero-order valence-electron chi connectivity index (χ0n) is 17.2. The van der Waals surface area contributed by atoms with Crippen molar-refractivity contribution in [1.29, 1.82) is 0 Å². The number of hydrogen-bond acceptors (Lipinski definition) is 6. The van der Waals surface area contributed by atoms with E-state index in [-0.39, 0.29) is 11.8 Å². The Morgan fingerprint density at radius 3 is 2.50 bits per heavy atom. The Morgan fingerprint density at radius 2 is 1.62 bits per heavy atom. The lowest BCUT2D eigenvalue weighted by Gasteiger charge is -2.18. The summed E-state index contributed by atoms with van der Waals surface area (Å²) in [6, 6.07) is 15.9. The number of amides is 2. The Kier molecular flexibility index (Phi) is 5.20. The summed E-state index contributed by atoms with van der Waals surface area (Å²) in [7, 11) is 0. The van der Waals surface area contributed by atoms with Crippen molar-refractivity contribution in [2.24, 2.45) is 0 Å². The lowest BCUT2D eigenvalue weighted by Crippen LogP contribution is -2.17. The number of anilines is 2. The average molecular weight is 446 g/mol. The lowest BCUT2D eigenvalue weighted by molar-refractivity contribution is 0.101. The van der Waals surface area contributed by atoms with Gasteiger partial charge in [0.2, 0.25) is 0 Å². The van der Waals surface area contributed by atoms with E-state index < -0.39 is 0 Å². The van der Waals surface area contributed by atoms with Crippen LogP contribution in [-0.2, 0) is 0 Å². The predicted molar refractivity (Wildman–Crippen MR) is 124 cm³/mol. The molecule has 0 saturated heterocycles. The highest BCUT2D eigenvalue weighted by atomic mass is 32.1. The monoisotopic (exact) mass is 445 g/mol. The Labute approximate surface area is 188 Å². The molecule has 0 atom stereocenters. The fourth-order valence-electron chi connectivity index (χ4n) is 3.41. The second-order valence-corrected chi connectivity index (χ2v) is 8.22. The van der Waals surface area contributed by atoms with E-state index in [0.29, 0.717) is 47.2 Å². The zero-order chi connectivity index (χ0) is 22.1. The minimum Gasteiger partial charge on any atom is -0.486 e. The minimum atomic E-state index is -0.279. The maximum atomic E-state index is 12.8. The first-order valence-corrected chi connectivity index (χ1v) is 10.9. The fourth-order valence-corrected chi connectivity index (χ4v) is 4.13. The van der Waals surface area contributed by atoms with Crippen molar-refractivity contribution in [3.8, 4) is 11.5 Å². The molecule has 2 heterocycles. The third-order valence-electron chi connectivity index (χ3n) is 5.14. The van der Waals surface area contributed by atoms with Gasteiger partial charge >= 0.3 is 0 Å². The number of fused-ring (bicyclic) bond motifs is 2. The highest BCUT2D eigenvalue weighted by Gasteiger charge is 2.16. The van der Waals surface area contributed by atoms with Gasteiger partial charge in [-0.15, -0.1) is 11.3 Å². The lowest BCUT2D eigenvalue weighted by atomic mass is 10.1. The molecular formula is C24H19N3O4S. The SMILES string of the molecule is Cc1ccc(NC(=O)c2ccc3c(c2)OCCO3)cc1NC(=O)c1ccc2ncsc2c1. The van der Waals surface area contributed by atoms with Crippen LogP contribution in [0, 0.1) is 6.92 Å². The number of thiazole rings is 1. The van der Waals surface area contributed by atoms with Crippen molar-refractivity contribution in [2.45, 2.75) is 6.92 Å². The molecule has 160 valence electrons. The minimum absolute atomic E-state index is 0.223. The summed E-state index contributed by atoms with van der Waals surface area (Å²) in [5.41, 5.74) is 5.71. The van der Waals surface area contributed by atoms with Gasteiger partial charge < -0.3 is 20.1 Å². The number of aromatic nitrogens is 1. The van der Waals surface area contributed by atoms with E-state index in [2.05, 4.69) is 15.6 Å². The number of benzene rings is 3. The first-order valence-electron chi connectivity index (χ1n) is 10.0. The molecule has 1 aliphatic heterocycles. The largest absolute Gasteiger partial charge is 0.486 e. The Morgan fingerprint density at radius 1 is 0.875 bits per heavy atom. The van der Waals surface area contributed by atoms with Crippen LogP contribution in [0.25, 0.3) is 10.2 Å². The standard InChI is InChI=1S/C24H19N3O4S/c1-14-2-5-17(26-23(28)15-4-7-20-21(10-15)31-9-8-30-20)12-19(14)27-24(29)16-3-6-18-22(11-16)32-13-25-18/h2-7,10-13H,8-9H2,1H3,(H,26,28)(H,27,29). The molecule has 5 rings (SSSR count). The zero-order valence-corrected chi connectivity index (χ0v) is 18.0. The van der Waals surface area contributed by atoms with Crippen molar-refractivity contribution in [2.75, 3.05) is 23.8 Å². The summed E-state index contributed by atoms with van der Waals surface area (Å²) in [6.45, 7) is 2.85. The van der Waals surface area contributed by atoms with Crippen LogP contribution in [0.2, 0.25) is 0 Å². The van der Waals surface area contributed by atoms with Gasteiger partial charge in [0.25, 0.3) is 11.8 Å². The number of carbonyl (C=O) groups is 2. The second kappa shape index (κ2) is 8.32. The van der Waals surface area contributed by atoms with Crippen LogP contribution in [0.15, 0.2) is 60.1 Å². The third-order valence-corrected chi connectivity index (χ3v) is 5.93. The molecule has 2 amide bonds. The Balaban J connectivity index is 1.33. The van der Waals surface area contributed by atoms with Crippen molar-refractivity contribution in [3.63, 3.8) is 0 Å². The number of ether oxygens (including phenoxy) is 2. The van der Waals surface area contributed by atoms with Crippen molar-refractivity contribution in [1.82, 2.24) is 4.98 Å². The van der Waals surface area contributed by atoms with Gasteiger partial charge in [-0.2, -0.15) is 0 Å². The summed E-state index contributed by atoms with van der Waals surface area (Å²) in [4.78, 5) is 29.8. The normalized spacial score (nSPS) is 12.4. The average Bonchev–Trinajstić information content (AvgIpc) is 3.29. The Hall–Kier alpha value is -3.91. The van der Waals surface area contributed by atoms with Gasteiger partial charge in [0.1, 0.15) is 13.2 Å². The number of carbonyl (C=O) groups excluding carboxylic acids is 2. The van der Waals surface area contributed by atoms with Crippen molar-refractivity contribution < 1.29 is 19.1 Å². The molecule has 0 bridgehead atoms. The molecule has 7 nitrogen and oxygen atoms in total. The van der Waals surface area contributed by atoms with E-state index in [1.54, 1.807) is 41.9 Å². The number of nitrogens with zero attached hydrogens (tertiary/aromatic N) is 1. The van der Waals surface area contributed by atoms with E-state index in [1.165, 1.54) is 11.3 Å². The first-order chi connectivity index (χ1) is 15.6. The van der Waals surface area contributed by atoms with E-state index in [1.807, 2.05) is 25.1 Å². The highest BCUT2D eigenvalue weighted by molar-refractivity contribution is 7.16. The molecule has 3 aromatic carbocycles. The molecule has 2 N–H and O–H groups in total. The molecule has 0 spiro atoms. The summed E-state index contributed by atoms with van der Waals surface area (Å²) >= 11 is 1.49. The van der Waals surface area contributed by atoms with Gasteiger partial charge in [0.05, 0.1) is 15.7 Å². The topological polar surface area (TPSA) is 89.5 Å². The van der Waals surface area contributed by atoms with Crippen LogP contribution in [-0.4, -0.2) is 30.0 Å². The number of nitrogens with one attached hydrogen (secondary N) is 2. The first kappa shape index (κ1) is 20.0. The molecule has 1 aliphatic rings. The molecule has 1 aromatic heterocycles. The van der Waals surface area contributed by atoms with Crippen LogP contribution >= 0.6 is 11.3 Å².